The fourth-order valence-corrected chi connectivity index (χ4v) is 3.56. The Hall–Kier alpha value is -2.39. The van der Waals surface area contributed by atoms with Crippen molar-refractivity contribution in [3.63, 3.8) is 0 Å². The van der Waals surface area contributed by atoms with Crippen LogP contribution in [0.3, 0.4) is 0 Å². The number of aliphatic hydroxyl groups is 1. The molecule has 0 fully saturated rings. The van der Waals surface area contributed by atoms with Crippen LogP contribution in [0, 0.1) is 11.6 Å². The summed E-state index contributed by atoms with van der Waals surface area (Å²) in [5.41, 5.74) is -1.57. The number of halogens is 2. The van der Waals surface area contributed by atoms with Crippen LogP contribution < -0.4 is 10.6 Å². The molecule has 0 saturated heterocycles. The smallest absolute Gasteiger partial charge is 0.248 e. The number of nitrogens with one attached hydrogen (secondary N) is 2. The third-order valence-electron chi connectivity index (χ3n) is 4.69. The predicted molar refractivity (Wildman–Crippen MR) is 108 cm³/mol. The maximum Gasteiger partial charge on any atom is 0.248 e. The molecule has 3 N–H and O–H groups in total. The number of aromatic nitrogens is 1. The minimum absolute atomic E-state index is 0.00225. The molecule has 0 spiro atoms. The van der Waals surface area contributed by atoms with Gasteiger partial charge in [0.05, 0.1) is 11.5 Å². The highest BCUT2D eigenvalue weighted by Gasteiger charge is 2.39. The number of benzene rings is 1. The average molecular weight is 426 g/mol. The number of rotatable bonds is 9. The van der Waals surface area contributed by atoms with E-state index >= 15 is 0 Å². The first-order valence-corrected chi connectivity index (χ1v) is 10.2. The van der Waals surface area contributed by atoms with Crippen molar-refractivity contribution in [1.82, 2.24) is 10.3 Å². The third kappa shape index (κ3) is 6.04. The lowest BCUT2D eigenvalue weighted by atomic mass is 9.80. The van der Waals surface area contributed by atoms with Crippen LogP contribution in [0.25, 0.3) is 0 Å². The fraction of sp³-hybridized carbons (Fsp3) is 0.450. The van der Waals surface area contributed by atoms with Crippen LogP contribution in [0.5, 0.6) is 0 Å². The molecular formula is C20H25F2N3O3S. The van der Waals surface area contributed by atoms with E-state index in [1.54, 1.807) is 18.5 Å². The molecule has 0 aliphatic rings. The largest absolute Gasteiger partial charge is 0.389 e. The molecule has 3 atom stereocenters. The lowest BCUT2D eigenvalue weighted by Gasteiger charge is -2.32. The quantitative estimate of drug-likeness (QED) is 0.573. The van der Waals surface area contributed by atoms with E-state index in [0.29, 0.717) is 24.0 Å². The molecule has 0 aliphatic carbocycles. The maximum absolute atomic E-state index is 13.7. The summed E-state index contributed by atoms with van der Waals surface area (Å²) in [4.78, 5) is 29.6. The van der Waals surface area contributed by atoms with Crippen LogP contribution in [-0.2, 0) is 9.59 Å². The number of carbonyl (C=O) groups excluding carboxylic acids is 2. The van der Waals surface area contributed by atoms with Crippen molar-refractivity contribution < 1.29 is 23.5 Å². The van der Waals surface area contributed by atoms with E-state index in [1.165, 1.54) is 18.3 Å². The molecule has 158 valence electrons. The number of amides is 2. The van der Waals surface area contributed by atoms with Crippen molar-refractivity contribution >= 4 is 28.3 Å². The predicted octanol–water partition coefficient (Wildman–Crippen LogP) is 3.59. The van der Waals surface area contributed by atoms with Gasteiger partial charge in [0.25, 0.3) is 0 Å². The molecule has 6 nitrogen and oxygen atoms in total. The van der Waals surface area contributed by atoms with E-state index in [9.17, 15) is 23.5 Å². The molecule has 1 aromatic heterocycles. The van der Waals surface area contributed by atoms with Gasteiger partial charge in [-0.2, -0.15) is 0 Å². The zero-order chi connectivity index (χ0) is 21.6. The van der Waals surface area contributed by atoms with Gasteiger partial charge in [-0.15, -0.1) is 11.3 Å². The van der Waals surface area contributed by atoms with Gasteiger partial charge in [0.15, 0.2) is 5.13 Å². The van der Waals surface area contributed by atoms with E-state index in [1.807, 2.05) is 6.92 Å². The molecule has 2 rings (SSSR count). The van der Waals surface area contributed by atoms with Gasteiger partial charge in [-0.25, -0.2) is 13.8 Å². The number of hydrogen-bond donors (Lipinski definition) is 3. The lowest BCUT2D eigenvalue weighted by Crippen LogP contribution is -2.50. The standard InChI is InChI=1S/C20H25F2N3O3S/c1-4-6-15(17(26)25-19-23-7-8-29-19)24-18(27)16(20(3,28)5-2)12-9-13(21)11-14(22)10-12/h7-11,15-16,28H,4-6H2,1-3H3,(H,24,27)(H,23,25,26)/t15-,16?,20?/m0/s1. The van der Waals surface area contributed by atoms with E-state index in [0.717, 1.165) is 12.1 Å². The average Bonchev–Trinajstić information content (AvgIpc) is 3.13. The minimum atomic E-state index is -1.58. The summed E-state index contributed by atoms with van der Waals surface area (Å²) in [6.45, 7) is 4.94. The van der Waals surface area contributed by atoms with Crippen LogP contribution >= 0.6 is 11.3 Å². The molecule has 1 heterocycles. The van der Waals surface area contributed by atoms with Crippen LogP contribution in [-0.4, -0.2) is 33.5 Å². The Bertz CT molecular complexity index is 823. The van der Waals surface area contributed by atoms with Crippen molar-refractivity contribution in [2.75, 3.05) is 5.32 Å². The topological polar surface area (TPSA) is 91.3 Å². The van der Waals surface area contributed by atoms with Gasteiger partial charge >= 0.3 is 0 Å². The van der Waals surface area contributed by atoms with Crippen molar-refractivity contribution in [2.24, 2.45) is 0 Å². The number of nitrogens with zero attached hydrogens (tertiary/aromatic N) is 1. The Morgan fingerprint density at radius 3 is 2.38 bits per heavy atom. The third-order valence-corrected chi connectivity index (χ3v) is 5.38. The monoisotopic (exact) mass is 425 g/mol. The van der Waals surface area contributed by atoms with Gasteiger partial charge in [0.2, 0.25) is 11.8 Å². The maximum atomic E-state index is 13.7. The molecule has 29 heavy (non-hydrogen) atoms. The molecule has 2 amide bonds. The number of anilines is 1. The Morgan fingerprint density at radius 2 is 1.86 bits per heavy atom. The Kier molecular flexibility index (Phi) is 7.80. The van der Waals surface area contributed by atoms with Crippen LogP contribution in [0.15, 0.2) is 29.8 Å². The highest BCUT2D eigenvalue weighted by Crippen LogP contribution is 2.32. The normalized spacial score (nSPS) is 15.2. The van der Waals surface area contributed by atoms with Gasteiger partial charge in [0.1, 0.15) is 17.7 Å². The fourth-order valence-electron chi connectivity index (χ4n) is 3.03. The second kappa shape index (κ2) is 9.89. The van der Waals surface area contributed by atoms with E-state index < -0.39 is 41.0 Å². The summed E-state index contributed by atoms with van der Waals surface area (Å²) in [6.07, 6.45) is 2.66. The first-order chi connectivity index (χ1) is 13.7. The molecule has 2 unspecified atom stereocenters. The molecule has 0 radical (unpaired) electrons. The van der Waals surface area contributed by atoms with Crippen molar-refractivity contribution in [3.05, 3.63) is 47.0 Å². The molecule has 0 aliphatic heterocycles. The summed E-state index contributed by atoms with van der Waals surface area (Å²) >= 11 is 1.24. The second-order valence-electron chi connectivity index (χ2n) is 7.02. The van der Waals surface area contributed by atoms with Crippen molar-refractivity contribution in [3.8, 4) is 0 Å². The first-order valence-electron chi connectivity index (χ1n) is 9.37. The SMILES string of the molecule is CCC[C@H](NC(=O)C(c1cc(F)cc(F)c1)C(C)(O)CC)C(=O)Nc1nccs1. The molecule has 0 bridgehead atoms. The number of thiazole rings is 1. The Morgan fingerprint density at radius 1 is 1.21 bits per heavy atom. The van der Waals surface area contributed by atoms with Crippen LogP contribution in [0.1, 0.15) is 51.5 Å². The molecule has 2 aromatic rings. The van der Waals surface area contributed by atoms with E-state index in [4.69, 9.17) is 0 Å². The number of carbonyl (C=O) groups is 2. The van der Waals surface area contributed by atoms with Crippen molar-refractivity contribution in [2.45, 2.75) is 57.6 Å². The first kappa shape index (κ1) is 22.9. The molecule has 1 aromatic carbocycles. The highest BCUT2D eigenvalue weighted by atomic mass is 32.1. The molecular weight excluding hydrogens is 400 g/mol. The van der Waals surface area contributed by atoms with Crippen LogP contribution in [0.2, 0.25) is 0 Å². The minimum Gasteiger partial charge on any atom is -0.389 e. The van der Waals surface area contributed by atoms with E-state index in [-0.39, 0.29) is 12.0 Å². The molecule has 9 heteroatoms. The zero-order valence-corrected chi connectivity index (χ0v) is 17.4. The summed E-state index contributed by atoms with van der Waals surface area (Å²) < 4.78 is 27.5. The second-order valence-corrected chi connectivity index (χ2v) is 7.92. The summed E-state index contributed by atoms with van der Waals surface area (Å²) in [7, 11) is 0. The van der Waals surface area contributed by atoms with Crippen molar-refractivity contribution in [1.29, 1.82) is 0 Å². The summed E-state index contributed by atoms with van der Waals surface area (Å²) in [5.74, 6) is -4.09. The van der Waals surface area contributed by atoms with Gasteiger partial charge in [-0.3, -0.25) is 9.59 Å². The van der Waals surface area contributed by atoms with Gasteiger partial charge in [-0.1, -0.05) is 20.3 Å². The Labute approximate surface area is 172 Å². The van der Waals surface area contributed by atoms with Crippen LogP contribution in [0.4, 0.5) is 13.9 Å². The molecule has 0 saturated carbocycles. The van der Waals surface area contributed by atoms with Gasteiger partial charge in [0, 0.05) is 17.6 Å². The number of hydrogen-bond acceptors (Lipinski definition) is 5. The van der Waals surface area contributed by atoms with E-state index in [2.05, 4.69) is 15.6 Å². The lowest BCUT2D eigenvalue weighted by molar-refractivity contribution is -0.132. The van der Waals surface area contributed by atoms with Gasteiger partial charge in [-0.05, 0) is 37.5 Å². The summed E-state index contributed by atoms with van der Waals surface area (Å²) in [5, 5.41) is 18.1. The highest BCUT2D eigenvalue weighted by molar-refractivity contribution is 7.13. The van der Waals surface area contributed by atoms with Gasteiger partial charge < -0.3 is 15.7 Å². The zero-order valence-electron chi connectivity index (χ0n) is 16.5. The Balaban J connectivity index is 2.29. The summed E-state index contributed by atoms with van der Waals surface area (Å²) in [6, 6.07) is 1.84.